The van der Waals surface area contributed by atoms with Gasteiger partial charge in [0, 0.05) is 24.2 Å². The van der Waals surface area contributed by atoms with Crippen molar-refractivity contribution < 1.29 is 19.1 Å². The summed E-state index contributed by atoms with van der Waals surface area (Å²) >= 11 is 0. The molecule has 1 saturated heterocycles. The molecule has 2 aromatic carbocycles. The number of amides is 2. The molecule has 3 rings (SSSR count). The molecule has 6 nitrogen and oxygen atoms in total. The first-order valence-corrected chi connectivity index (χ1v) is 8.93. The maximum absolute atomic E-state index is 12.6. The van der Waals surface area contributed by atoms with Gasteiger partial charge in [0.25, 0.3) is 0 Å². The van der Waals surface area contributed by atoms with E-state index in [0.717, 1.165) is 0 Å². The van der Waals surface area contributed by atoms with Gasteiger partial charge < -0.3 is 15.0 Å². The third kappa shape index (κ3) is 4.16. The molecule has 6 heteroatoms. The predicted molar refractivity (Wildman–Crippen MR) is 103 cm³/mol. The zero-order valence-electron chi connectivity index (χ0n) is 15.4. The lowest BCUT2D eigenvalue weighted by Gasteiger charge is -2.17. The second-order valence-corrected chi connectivity index (χ2v) is 6.43. The van der Waals surface area contributed by atoms with E-state index in [2.05, 4.69) is 5.32 Å². The Labute approximate surface area is 158 Å². The standard InChI is InChI=1S/C21H22N2O4/c1-3-27-19-7-5-4-6-18(19)22-21(26)16-12-20(25)23(13-16)17-10-8-15(9-11-17)14(2)24/h4-11,16H,3,12-13H2,1-2H3,(H,22,26). The zero-order valence-corrected chi connectivity index (χ0v) is 15.4. The molecule has 1 unspecified atom stereocenters. The molecule has 0 radical (unpaired) electrons. The number of rotatable bonds is 6. The van der Waals surface area contributed by atoms with Crippen LogP contribution in [-0.4, -0.2) is 30.7 Å². The maximum atomic E-state index is 12.6. The Balaban J connectivity index is 1.70. The van der Waals surface area contributed by atoms with E-state index >= 15 is 0 Å². The Bertz CT molecular complexity index is 861. The molecule has 140 valence electrons. The van der Waals surface area contributed by atoms with Crippen molar-refractivity contribution in [2.24, 2.45) is 5.92 Å². The number of nitrogens with zero attached hydrogens (tertiary/aromatic N) is 1. The Morgan fingerprint density at radius 2 is 1.85 bits per heavy atom. The van der Waals surface area contributed by atoms with Crippen LogP contribution >= 0.6 is 0 Å². The van der Waals surface area contributed by atoms with Crippen LogP contribution in [0.4, 0.5) is 11.4 Å². The van der Waals surface area contributed by atoms with Crippen molar-refractivity contribution in [1.29, 1.82) is 0 Å². The Hall–Kier alpha value is -3.15. The summed E-state index contributed by atoms with van der Waals surface area (Å²) in [5, 5.41) is 2.87. The van der Waals surface area contributed by atoms with Gasteiger partial charge in [0.1, 0.15) is 5.75 Å². The van der Waals surface area contributed by atoms with E-state index < -0.39 is 5.92 Å². The maximum Gasteiger partial charge on any atom is 0.229 e. The van der Waals surface area contributed by atoms with Gasteiger partial charge in [-0.05, 0) is 50.2 Å². The summed E-state index contributed by atoms with van der Waals surface area (Å²) in [5.41, 5.74) is 1.88. The first-order chi connectivity index (χ1) is 13.0. The van der Waals surface area contributed by atoms with Crippen LogP contribution in [0.3, 0.4) is 0 Å². The van der Waals surface area contributed by atoms with Gasteiger partial charge >= 0.3 is 0 Å². The van der Waals surface area contributed by atoms with E-state index in [4.69, 9.17) is 4.74 Å². The number of carbonyl (C=O) groups is 3. The molecule has 1 fully saturated rings. The number of benzene rings is 2. The molecule has 27 heavy (non-hydrogen) atoms. The van der Waals surface area contributed by atoms with Crippen LogP contribution in [0, 0.1) is 5.92 Å². The molecule has 2 amide bonds. The molecule has 0 bridgehead atoms. The van der Waals surface area contributed by atoms with Gasteiger partial charge in [-0.25, -0.2) is 0 Å². The lowest BCUT2D eigenvalue weighted by Crippen LogP contribution is -2.28. The number of hydrogen-bond acceptors (Lipinski definition) is 4. The summed E-state index contributed by atoms with van der Waals surface area (Å²) in [7, 11) is 0. The van der Waals surface area contributed by atoms with Gasteiger partial charge in [-0.2, -0.15) is 0 Å². The summed E-state index contributed by atoms with van der Waals surface area (Å²) < 4.78 is 5.52. The molecule has 0 saturated carbocycles. The summed E-state index contributed by atoms with van der Waals surface area (Å²) in [6, 6.07) is 14.1. The fourth-order valence-electron chi connectivity index (χ4n) is 3.09. The molecule has 1 aliphatic rings. The van der Waals surface area contributed by atoms with Gasteiger partial charge in [0.15, 0.2) is 5.78 Å². The van der Waals surface area contributed by atoms with Crippen LogP contribution in [0.2, 0.25) is 0 Å². The van der Waals surface area contributed by atoms with Crippen molar-refractivity contribution in [3.63, 3.8) is 0 Å². The van der Waals surface area contributed by atoms with Crippen LogP contribution in [0.15, 0.2) is 48.5 Å². The number of ether oxygens (including phenoxy) is 1. The third-order valence-electron chi connectivity index (χ3n) is 4.53. The summed E-state index contributed by atoms with van der Waals surface area (Å²) in [6.07, 6.45) is 0.150. The molecule has 1 aliphatic heterocycles. The number of hydrogen-bond donors (Lipinski definition) is 1. The quantitative estimate of drug-likeness (QED) is 0.796. The van der Waals surface area contributed by atoms with Gasteiger partial charge in [0.2, 0.25) is 11.8 Å². The monoisotopic (exact) mass is 366 g/mol. The number of Topliss-reactive ketones (excluding diaryl/α,β-unsaturated/α-hetero) is 1. The zero-order chi connectivity index (χ0) is 19.4. The van der Waals surface area contributed by atoms with Gasteiger partial charge in [0.05, 0.1) is 18.2 Å². The fraction of sp³-hybridized carbons (Fsp3) is 0.286. The number of nitrogens with one attached hydrogen (secondary N) is 1. The SMILES string of the molecule is CCOc1ccccc1NC(=O)C1CC(=O)N(c2ccc(C(C)=O)cc2)C1. The van der Waals surface area contributed by atoms with Crippen molar-refractivity contribution in [1.82, 2.24) is 0 Å². The van der Waals surface area contributed by atoms with Crippen LogP contribution in [-0.2, 0) is 9.59 Å². The van der Waals surface area contributed by atoms with Gasteiger partial charge in [-0.15, -0.1) is 0 Å². The molecule has 1 atom stereocenters. The molecule has 0 aromatic heterocycles. The Kier molecular flexibility index (Phi) is 5.54. The van der Waals surface area contributed by atoms with Gasteiger partial charge in [-0.1, -0.05) is 12.1 Å². The number of anilines is 2. The van der Waals surface area contributed by atoms with Crippen molar-refractivity contribution in [3.8, 4) is 5.75 Å². The smallest absolute Gasteiger partial charge is 0.229 e. The molecule has 2 aromatic rings. The highest BCUT2D eigenvalue weighted by atomic mass is 16.5. The number of para-hydroxylation sites is 2. The van der Waals surface area contributed by atoms with Crippen LogP contribution in [0.5, 0.6) is 5.75 Å². The number of carbonyl (C=O) groups excluding carboxylic acids is 3. The highest BCUT2D eigenvalue weighted by Crippen LogP contribution is 2.28. The van der Waals surface area contributed by atoms with Crippen molar-refractivity contribution in [3.05, 3.63) is 54.1 Å². The van der Waals surface area contributed by atoms with E-state index in [1.165, 1.54) is 6.92 Å². The fourth-order valence-corrected chi connectivity index (χ4v) is 3.09. The van der Waals surface area contributed by atoms with Crippen molar-refractivity contribution >= 4 is 29.0 Å². The molecular weight excluding hydrogens is 344 g/mol. The normalized spacial score (nSPS) is 16.3. The molecular formula is C21H22N2O4. The average molecular weight is 366 g/mol. The van der Waals surface area contributed by atoms with Crippen LogP contribution < -0.4 is 15.0 Å². The third-order valence-corrected chi connectivity index (χ3v) is 4.53. The first kappa shape index (κ1) is 18.6. The highest BCUT2D eigenvalue weighted by molar-refractivity contribution is 6.04. The highest BCUT2D eigenvalue weighted by Gasteiger charge is 2.35. The summed E-state index contributed by atoms with van der Waals surface area (Å²) in [5.74, 6) is -0.185. The minimum atomic E-state index is -0.445. The molecule has 0 aliphatic carbocycles. The lowest BCUT2D eigenvalue weighted by atomic mass is 10.1. The van der Waals surface area contributed by atoms with Crippen molar-refractivity contribution in [2.75, 3.05) is 23.4 Å². The molecule has 0 spiro atoms. The largest absolute Gasteiger partial charge is 0.492 e. The van der Waals surface area contributed by atoms with Crippen molar-refractivity contribution in [2.45, 2.75) is 20.3 Å². The van der Waals surface area contributed by atoms with E-state index in [1.807, 2.05) is 19.1 Å². The first-order valence-electron chi connectivity index (χ1n) is 8.93. The topological polar surface area (TPSA) is 75.7 Å². The second kappa shape index (κ2) is 8.03. The molecule has 1 N–H and O–H groups in total. The Morgan fingerprint density at radius 1 is 1.15 bits per heavy atom. The van der Waals surface area contributed by atoms with E-state index in [1.54, 1.807) is 41.3 Å². The van der Waals surface area contributed by atoms with Crippen LogP contribution in [0.25, 0.3) is 0 Å². The van der Waals surface area contributed by atoms with Gasteiger partial charge in [-0.3, -0.25) is 14.4 Å². The van der Waals surface area contributed by atoms with E-state index in [-0.39, 0.29) is 24.0 Å². The minimum absolute atomic E-state index is 0.0282. The Morgan fingerprint density at radius 3 is 2.52 bits per heavy atom. The van der Waals surface area contributed by atoms with E-state index in [0.29, 0.717) is 35.8 Å². The minimum Gasteiger partial charge on any atom is -0.492 e. The lowest BCUT2D eigenvalue weighted by molar-refractivity contribution is -0.122. The van der Waals surface area contributed by atoms with E-state index in [9.17, 15) is 14.4 Å². The average Bonchev–Trinajstić information content (AvgIpc) is 3.05. The summed E-state index contributed by atoms with van der Waals surface area (Å²) in [6.45, 7) is 4.18. The molecule has 1 heterocycles. The van der Waals surface area contributed by atoms with Crippen LogP contribution in [0.1, 0.15) is 30.6 Å². The summed E-state index contributed by atoms with van der Waals surface area (Å²) in [4.78, 5) is 38.0. The predicted octanol–water partition coefficient (Wildman–Crippen LogP) is 3.28. The number of ketones is 1. The second-order valence-electron chi connectivity index (χ2n) is 6.43.